The summed E-state index contributed by atoms with van der Waals surface area (Å²) in [6.45, 7) is 2.34. The molecule has 3 rings (SSSR count). The normalized spacial score (nSPS) is 10.6. The Morgan fingerprint density at radius 2 is 1.68 bits per heavy atom. The second kappa shape index (κ2) is 8.61. The molecule has 0 unspecified atom stereocenters. The van der Waals surface area contributed by atoms with Crippen molar-refractivity contribution in [3.63, 3.8) is 0 Å². The summed E-state index contributed by atoms with van der Waals surface area (Å²) in [4.78, 5) is 51.6. The molecule has 0 aliphatic heterocycles. The van der Waals surface area contributed by atoms with Gasteiger partial charge in [-0.1, -0.05) is 11.6 Å². The maximum atomic E-state index is 13.5. The molecule has 0 saturated carbocycles. The van der Waals surface area contributed by atoms with Gasteiger partial charge in [-0.3, -0.25) is 19.2 Å². The molecule has 8 nitrogen and oxygen atoms in total. The second-order valence-electron chi connectivity index (χ2n) is 6.68. The van der Waals surface area contributed by atoms with E-state index in [0.717, 1.165) is 11.8 Å². The molecule has 160 valence electrons. The molecule has 1 aromatic heterocycles. The first-order valence-corrected chi connectivity index (χ1v) is 9.53. The van der Waals surface area contributed by atoms with Crippen molar-refractivity contribution in [2.24, 2.45) is 7.05 Å². The molecule has 0 atom stereocenters. The Morgan fingerprint density at radius 3 is 2.23 bits per heavy atom. The van der Waals surface area contributed by atoms with Gasteiger partial charge in [0, 0.05) is 31.3 Å². The Kier molecular flexibility index (Phi) is 6.12. The lowest BCUT2D eigenvalue weighted by molar-refractivity contribution is -0.131. The van der Waals surface area contributed by atoms with Gasteiger partial charge in [0.25, 0.3) is 11.5 Å². The number of amides is 2. The highest BCUT2D eigenvalue weighted by Gasteiger charge is 2.31. The van der Waals surface area contributed by atoms with Crippen molar-refractivity contribution in [1.82, 2.24) is 4.57 Å². The predicted molar refractivity (Wildman–Crippen MR) is 116 cm³/mol. The smallest absolute Gasteiger partial charge is 0.308 e. The lowest BCUT2D eigenvalue weighted by Crippen LogP contribution is -2.40. The van der Waals surface area contributed by atoms with Crippen molar-refractivity contribution < 1.29 is 23.9 Å². The molecule has 1 heterocycles. The summed E-state index contributed by atoms with van der Waals surface area (Å²) in [7, 11) is 2.95. The van der Waals surface area contributed by atoms with Crippen molar-refractivity contribution in [2.45, 2.75) is 13.8 Å². The number of hydrogen-bond acceptors (Lipinski definition) is 6. The number of pyridine rings is 1. The van der Waals surface area contributed by atoms with Gasteiger partial charge in [-0.2, -0.15) is 0 Å². The molecule has 0 fully saturated rings. The van der Waals surface area contributed by atoms with Gasteiger partial charge >= 0.3 is 5.97 Å². The Balaban J connectivity index is 2.31. The van der Waals surface area contributed by atoms with E-state index in [1.165, 1.54) is 43.8 Å². The minimum absolute atomic E-state index is 0.223. The molecule has 0 saturated heterocycles. The number of benzene rings is 2. The first-order valence-electron chi connectivity index (χ1n) is 9.15. The number of rotatable bonds is 4. The molecule has 31 heavy (non-hydrogen) atoms. The molecule has 3 aromatic rings. The van der Waals surface area contributed by atoms with E-state index in [9.17, 15) is 19.2 Å². The number of aryl methyl sites for hydroxylation is 1. The van der Waals surface area contributed by atoms with Crippen LogP contribution in [0.2, 0.25) is 5.02 Å². The van der Waals surface area contributed by atoms with Gasteiger partial charge in [0.15, 0.2) is 5.75 Å². The molecular formula is C22H19ClN2O6. The first kappa shape index (κ1) is 22.0. The maximum Gasteiger partial charge on any atom is 0.308 e. The number of aromatic nitrogens is 1. The van der Waals surface area contributed by atoms with Crippen LogP contribution in [-0.4, -0.2) is 29.5 Å². The summed E-state index contributed by atoms with van der Waals surface area (Å²) in [6.07, 6.45) is 0. The van der Waals surface area contributed by atoms with Crippen LogP contribution >= 0.6 is 11.6 Å². The van der Waals surface area contributed by atoms with Gasteiger partial charge < -0.3 is 14.0 Å². The van der Waals surface area contributed by atoms with Crippen LogP contribution in [-0.2, 0) is 16.6 Å². The highest BCUT2D eigenvalue weighted by atomic mass is 35.5. The Labute approximate surface area is 182 Å². The fraction of sp³-hybridized carbons (Fsp3) is 0.182. The van der Waals surface area contributed by atoms with Crippen molar-refractivity contribution in [3.8, 4) is 11.5 Å². The van der Waals surface area contributed by atoms with Crippen molar-refractivity contribution in [1.29, 1.82) is 0 Å². The SMILES string of the molecule is COc1ccc(N(C(C)=O)C(=O)c2c(OC(C)=O)c3cc(Cl)ccc3n(C)c2=O)cc1. The van der Waals surface area contributed by atoms with Crippen molar-refractivity contribution in [3.05, 3.63) is 63.4 Å². The Bertz CT molecular complexity index is 1260. The fourth-order valence-electron chi connectivity index (χ4n) is 3.21. The quantitative estimate of drug-likeness (QED) is 0.575. The van der Waals surface area contributed by atoms with Crippen LogP contribution in [0.25, 0.3) is 10.9 Å². The van der Waals surface area contributed by atoms with E-state index < -0.39 is 28.9 Å². The highest BCUT2D eigenvalue weighted by Crippen LogP contribution is 2.32. The minimum Gasteiger partial charge on any atom is -0.497 e. The molecule has 2 aromatic carbocycles. The lowest BCUT2D eigenvalue weighted by Gasteiger charge is -2.22. The number of nitrogens with zero attached hydrogens (tertiary/aromatic N) is 2. The first-order chi connectivity index (χ1) is 14.6. The van der Waals surface area contributed by atoms with Crippen LogP contribution in [0.15, 0.2) is 47.3 Å². The van der Waals surface area contributed by atoms with E-state index in [2.05, 4.69) is 0 Å². The summed E-state index contributed by atoms with van der Waals surface area (Å²) in [6, 6.07) is 10.8. The third kappa shape index (κ3) is 4.15. The molecule has 9 heteroatoms. The van der Waals surface area contributed by atoms with E-state index in [4.69, 9.17) is 21.1 Å². The molecule has 0 spiro atoms. The molecule has 0 radical (unpaired) electrons. The van der Waals surface area contributed by atoms with Crippen LogP contribution in [0, 0.1) is 0 Å². The monoisotopic (exact) mass is 442 g/mol. The Morgan fingerprint density at radius 1 is 1.03 bits per heavy atom. The highest BCUT2D eigenvalue weighted by molar-refractivity contribution is 6.31. The summed E-state index contributed by atoms with van der Waals surface area (Å²) in [5, 5.41) is 0.600. The maximum absolute atomic E-state index is 13.5. The van der Waals surface area contributed by atoms with Gasteiger partial charge in [0.1, 0.15) is 11.3 Å². The van der Waals surface area contributed by atoms with Crippen molar-refractivity contribution in [2.75, 3.05) is 12.0 Å². The molecule has 0 aliphatic carbocycles. The number of fused-ring (bicyclic) bond motifs is 1. The average Bonchev–Trinajstić information content (AvgIpc) is 2.72. The number of halogens is 1. The standard InChI is InChI=1S/C22H19ClN2O6/c1-12(26)25(15-6-8-16(30-4)9-7-15)22(29)19-20(31-13(2)27)17-11-14(23)5-10-18(17)24(3)21(19)28/h5-11H,1-4H3. The lowest BCUT2D eigenvalue weighted by atomic mass is 10.1. The Hall–Kier alpha value is -3.65. The van der Waals surface area contributed by atoms with E-state index >= 15 is 0 Å². The molecule has 0 aliphatic rings. The van der Waals surface area contributed by atoms with Gasteiger partial charge in [0.2, 0.25) is 5.91 Å². The predicted octanol–water partition coefficient (Wildman–Crippen LogP) is 3.32. The molecule has 0 bridgehead atoms. The number of carbonyl (C=O) groups excluding carboxylic acids is 3. The van der Waals surface area contributed by atoms with Gasteiger partial charge in [-0.15, -0.1) is 0 Å². The minimum atomic E-state index is -0.934. The summed E-state index contributed by atoms with van der Waals surface area (Å²) in [5.74, 6) is -2.02. The number of hydrogen-bond donors (Lipinski definition) is 0. The van der Waals surface area contributed by atoms with Crippen LogP contribution in [0.1, 0.15) is 24.2 Å². The van der Waals surface area contributed by atoms with Crippen LogP contribution in [0.3, 0.4) is 0 Å². The summed E-state index contributed by atoms with van der Waals surface area (Å²) >= 11 is 6.10. The number of ether oxygens (including phenoxy) is 2. The van der Waals surface area contributed by atoms with Crippen molar-refractivity contribution >= 4 is 46.0 Å². The topological polar surface area (TPSA) is 94.9 Å². The molecule has 0 N–H and O–H groups in total. The van der Waals surface area contributed by atoms with Gasteiger partial charge in [-0.25, -0.2) is 4.90 Å². The summed E-state index contributed by atoms with van der Waals surface area (Å²) in [5.41, 5.74) is -0.560. The number of methoxy groups -OCH3 is 1. The van der Waals surface area contributed by atoms with E-state index in [-0.39, 0.29) is 16.8 Å². The largest absolute Gasteiger partial charge is 0.497 e. The third-order valence-electron chi connectivity index (χ3n) is 4.62. The number of esters is 1. The number of imide groups is 1. The molecule has 2 amide bonds. The zero-order chi connectivity index (χ0) is 22.9. The zero-order valence-corrected chi connectivity index (χ0v) is 18.0. The second-order valence-corrected chi connectivity index (χ2v) is 7.12. The third-order valence-corrected chi connectivity index (χ3v) is 4.85. The average molecular weight is 443 g/mol. The number of carbonyl (C=O) groups is 3. The van der Waals surface area contributed by atoms with E-state index in [0.29, 0.717) is 16.3 Å². The molecular weight excluding hydrogens is 424 g/mol. The van der Waals surface area contributed by atoms with Gasteiger partial charge in [0.05, 0.1) is 18.3 Å². The van der Waals surface area contributed by atoms with E-state index in [1.54, 1.807) is 24.3 Å². The van der Waals surface area contributed by atoms with Gasteiger partial charge in [-0.05, 0) is 42.5 Å². The van der Waals surface area contributed by atoms with Crippen LogP contribution in [0.5, 0.6) is 11.5 Å². The van der Waals surface area contributed by atoms with E-state index in [1.807, 2.05) is 0 Å². The number of anilines is 1. The zero-order valence-electron chi connectivity index (χ0n) is 17.3. The van der Waals surface area contributed by atoms with Crippen LogP contribution in [0.4, 0.5) is 5.69 Å². The van der Waals surface area contributed by atoms with Crippen LogP contribution < -0.4 is 19.9 Å². The summed E-state index contributed by atoms with van der Waals surface area (Å²) < 4.78 is 11.6. The fourth-order valence-corrected chi connectivity index (χ4v) is 3.39.